The number of amides is 2. The molecule has 5 nitrogen and oxygen atoms in total. The molecule has 2 N–H and O–H groups in total. The molecule has 2 aliphatic rings. The normalized spacial score (nSPS) is 26.4. The minimum absolute atomic E-state index is 0.0335. The van der Waals surface area contributed by atoms with Crippen molar-refractivity contribution < 1.29 is 9.59 Å². The van der Waals surface area contributed by atoms with Gasteiger partial charge in [-0.05, 0) is 49.6 Å². The number of carbonyl (C=O) groups excluding carboxylic acids is 2. The molecule has 0 spiro atoms. The molecule has 0 aromatic heterocycles. The Hall–Kier alpha value is -1.88. The van der Waals surface area contributed by atoms with E-state index in [4.69, 9.17) is 0 Å². The zero-order chi connectivity index (χ0) is 16.4. The maximum atomic E-state index is 12.9. The lowest BCUT2D eigenvalue weighted by molar-refractivity contribution is -0.128. The molecule has 0 unspecified atom stereocenters. The Labute approximate surface area is 137 Å². The van der Waals surface area contributed by atoms with E-state index in [-0.39, 0.29) is 17.2 Å². The molecule has 1 saturated heterocycles. The molecule has 2 atom stereocenters. The van der Waals surface area contributed by atoms with E-state index in [9.17, 15) is 9.59 Å². The van der Waals surface area contributed by atoms with Gasteiger partial charge in [0.15, 0.2) is 0 Å². The van der Waals surface area contributed by atoms with Gasteiger partial charge in [0.25, 0.3) is 5.91 Å². The predicted molar refractivity (Wildman–Crippen MR) is 90.3 cm³/mol. The molecule has 0 radical (unpaired) electrons. The Kier molecular flexibility index (Phi) is 4.39. The number of carbonyl (C=O) groups is 2. The second-order valence-corrected chi connectivity index (χ2v) is 6.96. The summed E-state index contributed by atoms with van der Waals surface area (Å²) in [5.74, 6) is 0.540. The van der Waals surface area contributed by atoms with E-state index in [2.05, 4.69) is 10.6 Å². The summed E-state index contributed by atoms with van der Waals surface area (Å²) >= 11 is 0. The van der Waals surface area contributed by atoms with Crippen molar-refractivity contribution in [2.24, 2.45) is 11.3 Å². The highest BCUT2D eigenvalue weighted by Gasteiger charge is 2.49. The number of benzene rings is 1. The van der Waals surface area contributed by atoms with Gasteiger partial charge >= 0.3 is 0 Å². The fraction of sp³-hybridized carbons (Fsp3) is 0.556. The van der Waals surface area contributed by atoms with E-state index in [1.807, 2.05) is 12.1 Å². The Balaban J connectivity index is 1.71. The van der Waals surface area contributed by atoms with Gasteiger partial charge in [0.1, 0.15) is 0 Å². The van der Waals surface area contributed by atoms with Crippen LogP contribution in [0.1, 0.15) is 36.0 Å². The molecule has 124 valence electrons. The molecule has 1 aromatic rings. The van der Waals surface area contributed by atoms with Gasteiger partial charge in [0.2, 0.25) is 5.91 Å². The van der Waals surface area contributed by atoms with Crippen molar-refractivity contribution in [3.63, 3.8) is 0 Å². The summed E-state index contributed by atoms with van der Waals surface area (Å²) in [5.41, 5.74) is 1.14. The minimum atomic E-state index is -0.254. The molecule has 5 heteroatoms. The zero-order valence-corrected chi connectivity index (χ0v) is 13.9. The second-order valence-electron chi connectivity index (χ2n) is 6.96. The van der Waals surface area contributed by atoms with E-state index < -0.39 is 0 Å². The lowest BCUT2D eigenvalue weighted by atomic mass is 9.67. The monoisotopic (exact) mass is 315 g/mol. The Morgan fingerprint density at radius 3 is 2.65 bits per heavy atom. The standard InChI is InChI=1S/C18H25N3O2/c1-21(2)16(22)13-6-8-15(9-7-13)20-17(23)18-10-4-3-5-14(18)11-19-12-18/h6-9,14,19H,3-5,10-12H2,1-2H3,(H,20,23)/t14-,18+/m0/s1. The van der Waals surface area contributed by atoms with Crippen molar-refractivity contribution in [1.82, 2.24) is 10.2 Å². The molecule has 1 aromatic carbocycles. The van der Waals surface area contributed by atoms with Crippen LogP contribution in [0.15, 0.2) is 24.3 Å². The topological polar surface area (TPSA) is 61.4 Å². The molecular weight excluding hydrogens is 290 g/mol. The van der Waals surface area contributed by atoms with Gasteiger partial charge in [0.05, 0.1) is 5.41 Å². The first-order valence-electron chi connectivity index (χ1n) is 8.37. The molecule has 1 aliphatic carbocycles. The highest BCUT2D eigenvalue weighted by molar-refractivity contribution is 5.97. The highest BCUT2D eigenvalue weighted by Crippen LogP contribution is 2.44. The number of rotatable bonds is 3. The van der Waals surface area contributed by atoms with Crippen molar-refractivity contribution in [2.45, 2.75) is 25.7 Å². The Morgan fingerprint density at radius 2 is 1.96 bits per heavy atom. The summed E-state index contributed by atoms with van der Waals surface area (Å²) < 4.78 is 0. The van der Waals surface area contributed by atoms with E-state index in [1.165, 1.54) is 6.42 Å². The van der Waals surface area contributed by atoms with Crippen LogP contribution in [0.3, 0.4) is 0 Å². The zero-order valence-electron chi connectivity index (χ0n) is 13.9. The average molecular weight is 315 g/mol. The van der Waals surface area contributed by atoms with Crippen LogP contribution in [0.5, 0.6) is 0 Å². The molecule has 0 bridgehead atoms. The quantitative estimate of drug-likeness (QED) is 0.898. The Bertz CT molecular complexity index is 597. The minimum Gasteiger partial charge on any atom is -0.345 e. The highest BCUT2D eigenvalue weighted by atomic mass is 16.2. The lowest BCUT2D eigenvalue weighted by Crippen LogP contribution is -2.44. The summed E-state index contributed by atoms with van der Waals surface area (Å²) in [6.07, 6.45) is 4.45. The van der Waals surface area contributed by atoms with Crippen LogP contribution in [-0.2, 0) is 4.79 Å². The SMILES string of the molecule is CN(C)C(=O)c1ccc(NC(=O)[C@@]23CCCC[C@H]2CNC3)cc1. The van der Waals surface area contributed by atoms with Gasteiger partial charge in [-0.2, -0.15) is 0 Å². The summed E-state index contributed by atoms with van der Waals surface area (Å²) in [6.45, 7) is 1.73. The second kappa shape index (κ2) is 6.32. The van der Waals surface area contributed by atoms with Gasteiger partial charge in [-0.25, -0.2) is 0 Å². The van der Waals surface area contributed by atoms with Crippen LogP contribution in [-0.4, -0.2) is 43.9 Å². The molecule has 23 heavy (non-hydrogen) atoms. The maximum Gasteiger partial charge on any atom is 0.253 e. The van der Waals surface area contributed by atoms with Crippen LogP contribution in [0.25, 0.3) is 0 Å². The number of anilines is 1. The van der Waals surface area contributed by atoms with Crippen LogP contribution >= 0.6 is 0 Å². The number of hydrogen-bond acceptors (Lipinski definition) is 3. The van der Waals surface area contributed by atoms with Crippen molar-refractivity contribution in [1.29, 1.82) is 0 Å². The van der Waals surface area contributed by atoms with Crippen LogP contribution in [0.2, 0.25) is 0 Å². The van der Waals surface area contributed by atoms with Crippen molar-refractivity contribution in [2.75, 3.05) is 32.5 Å². The first kappa shape index (κ1) is 16.0. The van der Waals surface area contributed by atoms with E-state index in [1.54, 1.807) is 31.1 Å². The molecule has 2 amide bonds. The van der Waals surface area contributed by atoms with E-state index >= 15 is 0 Å². The summed E-state index contributed by atoms with van der Waals surface area (Å²) in [7, 11) is 3.46. The summed E-state index contributed by atoms with van der Waals surface area (Å²) in [4.78, 5) is 26.3. The molecule has 2 fully saturated rings. The fourth-order valence-electron chi connectivity index (χ4n) is 3.90. The third-order valence-corrected chi connectivity index (χ3v) is 5.29. The van der Waals surface area contributed by atoms with Crippen molar-refractivity contribution >= 4 is 17.5 Å². The van der Waals surface area contributed by atoms with Crippen LogP contribution < -0.4 is 10.6 Å². The first-order valence-corrected chi connectivity index (χ1v) is 8.37. The third kappa shape index (κ3) is 2.98. The molecule has 1 saturated carbocycles. The summed E-state index contributed by atoms with van der Waals surface area (Å²) in [5, 5.41) is 6.46. The molecular formula is C18H25N3O2. The van der Waals surface area contributed by atoms with Crippen molar-refractivity contribution in [3.8, 4) is 0 Å². The van der Waals surface area contributed by atoms with Gasteiger partial charge < -0.3 is 15.5 Å². The van der Waals surface area contributed by atoms with Gasteiger partial charge in [-0.3, -0.25) is 9.59 Å². The van der Waals surface area contributed by atoms with Crippen LogP contribution in [0.4, 0.5) is 5.69 Å². The van der Waals surface area contributed by atoms with Gasteiger partial charge in [-0.1, -0.05) is 12.8 Å². The largest absolute Gasteiger partial charge is 0.345 e. The van der Waals surface area contributed by atoms with Gasteiger partial charge in [-0.15, -0.1) is 0 Å². The maximum absolute atomic E-state index is 12.9. The third-order valence-electron chi connectivity index (χ3n) is 5.29. The van der Waals surface area contributed by atoms with E-state index in [0.717, 1.165) is 38.0 Å². The molecule has 3 rings (SSSR count). The molecule has 1 aliphatic heterocycles. The van der Waals surface area contributed by atoms with E-state index in [0.29, 0.717) is 11.5 Å². The fourth-order valence-corrected chi connectivity index (χ4v) is 3.90. The smallest absolute Gasteiger partial charge is 0.253 e. The Morgan fingerprint density at radius 1 is 1.22 bits per heavy atom. The number of fused-ring (bicyclic) bond motifs is 1. The average Bonchev–Trinajstić information content (AvgIpc) is 3.00. The number of nitrogens with one attached hydrogen (secondary N) is 2. The molecule has 1 heterocycles. The summed E-state index contributed by atoms with van der Waals surface area (Å²) in [6, 6.07) is 7.15. The van der Waals surface area contributed by atoms with Crippen LogP contribution in [0, 0.1) is 11.3 Å². The van der Waals surface area contributed by atoms with Gasteiger partial charge in [0, 0.05) is 31.9 Å². The first-order chi connectivity index (χ1) is 11.0. The lowest BCUT2D eigenvalue weighted by Gasteiger charge is -2.37. The number of hydrogen-bond donors (Lipinski definition) is 2. The predicted octanol–water partition coefficient (Wildman–Crippen LogP) is 2.11. The van der Waals surface area contributed by atoms with Crippen molar-refractivity contribution in [3.05, 3.63) is 29.8 Å². The number of nitrogens with zero attached hydrogens (tertiary/aromatic N) is 1.